The van der Waals surface area contributed by atoms with Crippen molar-refractivity contribution in [2.75, 3.05) is 20.6 Å². The molecule has 0 fully saturated rings. The second-order valence-electron chi connectivity index (χ2n) is 6.56. The highest BCUT2D eigenvalue weighted by Crippen LogP contribution is 2.40. The van der Waals surface area contributed by atoms with Gasteiger partial charge in [0.15, 0.2) is 0 Å². The molecule has 0 spiro atoms. The molecule has 118 valence electrons. The largest absolute Gasteiger partial charge is 0.380 e. The number of hydrogen-bond acceptors (Lipinski definition) is 2. The van der Waals surface area contributed by atoms with Crippen LogP contribution in [0.3, 0.4) is 0 Å². The Morgan fingerprint density at radius 2 is 1.32 bits per heavy atom. The van der Waals surface area contributed by atoms with E-state index in [9.17, 15) is 5.11 Å². The third-order valence-corrected chi connectivity index (χ3v) is 4.46. The molecule has 2 rings (SSSR count). The second-order valence-corrected chi connectivity index (χ2v) is 6.56. The molecule has 2 nitrogen and oxygen atoms in total. The Morgan fingerprint density at radius 1 is 0.909 bits per heavy atom. The van der Waals surface area contributed by atoms with Crippen LogP contribution in [0.5, 0.6) is 0 Å². The second kappa shape index (κ2) is 6.64. The summed E-state index contributed by atoms with van der Waals surface area (Å²) < 4.78 is 0. The zero-order chi connectivity index (χ0) is 16.3. The Balaban J connectivity index is 2.65. The van der Waals surface area contributed by atoms with E-state index in [1.54, 1.807) is 0 Å². The predicted octanol–water partition coefficient (Wildman–Crippen LogP) is 3.74. The summed E-state index contributed by atoms with van der Waals surface area (Å²) in [7, 11) is 4.10. The number of aryl methyl sites for hydroxylation is 2. The number of rotatable bonds is 5. The molecule has 1 N–H and O–H groups in total. The molecule has 0 aliphatic rings. The summed E-state index contributed by atoms with van der Waals surface area (Å²) in [6, 6.07) is 16.3. The quantitative estimate of drug-likeness (QED) is 0.909. The van der Waals surface area contributed by atoms with Crippen molar-refractivity contribution >= 4 is 0 Å². The van der Waals surface area contributed by atoms with Crippen LogP contribution in [0.4, 0.5) is 0 Å². The minimum Gasteiger partial charge on any atom is -0.380 e. The van der Waals surface area contributed by atoms with Crippen LogP contribution in [0.15, 0.2) is 48.5 Å². The van der Waals surface area contributed by atoms with E-state index in [1.807, 2.05) is 50.5 Å². The third kappa shape index (κ3) is 3.08. The van der Waals surface area contributed by atoms with Gasteiger partial charge in [-0.1, -0.05) is 55.5 Å². The zero-order valence-corrected chi connectivity index (χ0v) is 14.3. The van der Waals surface area contributed by atoms with Crippen LogP contribution in [0.1, 0.15) is 29.2 Å². The topological polar surface area (TPSA) is 23.5 Å². The molecule has 2 heteroatoms. The van der Waals surface area contributed by atoms with Crippen molar-refractivity contribution in [3.8, 4) is 0 Å². The predicted molar refractivity (Wildman–Crippen MR) is 93.1 cm³/mol. The smallest absolute Gasteiger partial charge is 0.119 e. The van der Waals surface area contributed by atoms with Crippen LogP contribution in [-0.4, -0.2) is 30.6 Å². The van der Waals surface area contributed by atoms with Crippen molar-refractivity contribution in [3.63, 3.8) is 0 Å². The van der Waals surface area contributed by atoms with E-state index in [0.717, 1.165) is 28.8 Å². The van der Waals surface area contributed by atoms with Crippen LogP contribution >= 0.6 is 0 Å². The Kier molecular flexibility index (Phi) is 5.05. The molecule has 0 saturated heterocycles. The van der Waals surface area contributed by atoms with Gasteiger partial charge in [0, 0.05) is 12.5 Å². The SMILES string of the molecule is Cc1ccccc1C(O)(c1ccccc1C)[C@H](C)CN(C)C. The Labute approximate surface area is 134 Å². The molecule has 0 aliphatic heterocycles. The van der Waals surface area contributed by atoms with E-state index in [-0.39, 0.29) is 5.92 Å². The highest BCUT2D eigenvalue weighted by Gasteiger charge is 2.39. The Morgan fingerprint density at radius 3 is 1.68 bits per heavy atom. The molecule has 0 aromatic heterocycles. The van der Waals surface area contributed by atoms with Crippen LogP contribution in [0, 0.1) is 19.8 Å². The summed E-state index contributed by atoms with van der Waals surface area (Å²) in [6.45, 7) is 7.08. The number of hydrogen-bond donors (Lipinski definition) is 1. The van der Waals surface area contributed by atoms with Crippen molar-refractivity contribution in [2.45, 2.75) is 26.4 Å². The lowest BCUT2D eigenvalue weighted by Crippen LogP contribution is -2.41. The lowest BCUT2D eigenvalue weighted by atomic mass is 9.74. The van der Waals surface area contributed by atoms with Gasteiger partial charge < -0.3 is 10.0 Å². The molecule has 0 saturated carbocycles. The minimum absolute atomic E-state index is 0.0738. The molecule has 22 heavy (non-hydrogen) atoms. The van der Waals surface area contributed by atoms with Crippen LogP contribution < -0.4 is 0 Å². The number of benzene rings is 2. The maximum Gasteiger partial charge on any atom is 0.119 e. The van der Waals surface area contributed by atoms with Gasteiger partial charge in [-0.05, 0) is 50.2 Å². The maximum atomic E-state index is 11.8. The highest BCUT2D eigenvalue weighted by molar-refractivity contribution is 5.44. The molecule has 0 unspecified atom stereocenters. The maximum absolute atomic E-state index is 11.8. The van der Waals surface area contributed by atoms with Gasteiger partial charge in [0.25, 0.3) is 0 Å². The van der Waals surface area contributed by atoms with Gasteiger partial charge in [-0.3, -0.25) is 0 Å². The first-order valence-corrected chi connectivity index (χ1v) is 7.86. The van der Waals surface area contributed by atoms with Crippen molar-refractivity contribution in [1.82, 2.24) is 4.90 Å². The molecule has 1 atom stereocenters. The van der Waals surface area contributed by atoms with Crippen molar-refractivity contribution in [2.24, 2.45) is 5.92 Å². The van der Waals surface area contributed by atoms with Gasteiger partial charge in [-0.15, -0.1) is 0 Å². The van der Waals surface area contributed by atoms with Gasteiger partial charge in [-0.25, -0.2) is 0 Å². The Hall–Kier alpha value is -1.64. The highest BCUT2D eigenvalue weighted by atomic mass is 16.3. The molecule has 0 radical (unpaired) electrons. The third-order valence-electron chi connectivity index (χ3n) is 4.46. The van der Waals surface area contributed by atoms with Crippen molar-refractivity contribution < 1.29 is 5.11 Å². The zero-order valence-electron chi connectivity index (χ0n) is 14.3. The lowest BCUT2D eigenvalue weighted by Gasteiger charge is -2.38. The van der Waals surface area contributed by atoms with Gasteiger partial charge in [0.2, 0.25) is 0 Å². The standard InChI is InChI=1S/C20H27NO/c1-15-10-6-8-12-18(15)20(22,17(3)14-21(4)5)19-13-9-7-11-16(19)2/h6-13,17,22H,14H2,1-5H3/t17-/m1/s1. The molecule has 0 heterocycles. The van der Waals surface area contributed by atoms with E-state index < -0.39 is 5.60 Å². The molecular weight excluding hydrogens is 270 g/mol. The van der Waals surface area contributed by atoms with E-state index in [1.165, 1.54) is 0 Å². The van der Waals surface area contributed by atoms with Crippen molar-refractivity contribution in [3.05, 3.63) is 70.8 Å². The summed E-state index contributed by atoms with van der Waals surface area (Å²) in [4.78, 5) is 2.13. The molecular formula is C20H27NO. The lowest BCUT2D eigenvalue weighted by molar-refractivity contribution is 0.0124. The molecule has 2 aromatic carbocycles. The normalized spacial score (nSPS) is 13.4. The number of nitrogens with zero attached hydrogens (tertiary/aromatic N) is 1. The fraction of sp³-hybridized carbons (Fsp3) is 0.400. The average molecular weight is 297 g/mol. The monoisotopic (exact) mass is 297 g/mol. The van der Waals surface area contributed by atoms with E-state index in [4.69, 9.17) is 0 Å². The van der Waals surface area contributed by atoms with Gasteiger partial charge in [-0.2, -0.15) is 0 Å². The minimum atomic E-state index is -0.985. The first kappa shape index (κ1) is 16.7. The summed E-state index contributed by atoms with van der Waals surface area (Å²) in [6.07, 6.45) is 0. The van der Waals surface area contributed by atoms with Crippen LogP contribution in [-0.2, 0) is 5.60 Å². The summed E-state index contributed by atoms with van der Waals surface area (Å²) >= 11 is 0. The summed E-state index contributed by atoms with van der Waals surface area (Å²) in [5.41, 5.74) is 3.26. The first-order valence-electron chi connectivity index (χ1n) is 7.86. The first-order chi connectivity index (χ1) is 10.4. The Bertz CT molecular complexity index is 588. The van der Waals surface area contributed by atoms with Crippen molar-refractivity contribution in [1.29, 1.82) is 0 Å². The fourth-order valence-electron chi connectivity index (χ4n) is 3.36. The molecule has 0 bridgehead atoms. The average Bonchev–Trinajstić information content (AvgIpc) is 2.46. The van der Waals surface area contributed by atoms with E-state index >= 15 is 0 Å². The van der Waals surface area contributed by atoms with Crippen LogP contribution in [0.25, 0.3) is 0 Å². The molecule has 0 aliphatic carbocycles. The summed E-state index contributed by atoms with van der Waals surface area (Å²) in [5, 5.41) is 11.8. The van der Waals surface area contributed by atoms with Gasteiger partial charge in [0.1, 0.15) is 5.60 Å². The fourth-order valence-corrected chi connectivity index (χ4v) is 3.36. The molecule has 0 amide bonds. The summed E-state index contributed by atoms with van der Waals surface area (Å²) in [5.74, 6) is 0.0738. The molecule has 2 aromatic rings. The van der Waals surface area contributed by atoms with Gasteiger partial charge in [0.05, 0.1) is 0 Å². The van der Waals surface area contributed by atoms with E-state index in [2.05, 4.69) is 37.8 Å². The van der Waals surface area contributed by atoms with Gasteiger partial charge >= 0.3 is 0 Å². The number of aliphatic hydroxyl groups is 1. The van der Waals surface area contributed by atoms with E-state index in [0.29, 0.717) is 0 Å². The van der Waals surface area contributed by atoms with Crippen LogP contribution in [0.2, 0.25) is 0 Å².